The van der Waals surface area contributed by atoms with Crippen LogP contribution >= 0.6 is 0 Å². The summed E-state index contributed by atoms with van der Waals surface area (Å²) in [7, 11) is 0. The maximum atomic E-state index is 8.97. The molecule has 0 aliphatic carbocycles. The molecular weight excluding hydrogens is 140 g/mol. The average molecular weight is 158 g/mol. The number of ether oxygens (including phenoxy) is 1. The van der Waals surface area contributed by atoms with Crippen LogP contribution in [0.2, 0.25) is 0 Å². The van der Waals surface area contributed by atoms with Crippen LogP contribution in [0, 0.1) is 0 Å². The van der Waals surface area contributed by atoms with Crippen LogP contribution in [0.3, 0.4) is 0 Å². The summed E-state index contributed by atoms with van der Waals surface area (Å²) in [6.07, 6.45) is 4.47. The Labute approximate surface area is 68.9 Å². The predicted molar refractivity (Wildman–Crippen MR) is 46.5 cm³/mol. The Morgan fingerprint density at radius 2 is 2.27 bits per heavy atom. The number of aliphatic hydroxyl groups is 1. The van der Waals surface area contributed by atoms with Gasteiger partial charge in [0.15, 0.2) is 0 Å². The molecule has 2 heteroatoms. The lowest BCUT2D eigenvalue weighted by molar-refractivity contribution is 0.0579. The fraction of sp³-hybridized carbons (Fsp3) is 0.778. The molecule has 0 aliphatic heterocycles. The van der Waals surface area contributed by atoms with E-state index in [0.717, 1.165) is 13.0 Å². The Kier molecular flexibility index (Phi) is 7.52. The topological polar surface area (TPSA) is 29.5 Å². The van der Waals surface area contributed by atoms with E-state index >= 15 is 0 Å². The van der Waals surface area contributed by atoms with Crippen LogP contribution in [0.4, 0.5) is 0 Å². The lowest BCUT2D eigenvalue weighted by Crippen LogP contribution is -2.12. The second kappa shape index (κ2) is 7.76. The summed E-state index contributed by atoms with van der Waals surface area (Å²) >= 11 is 0. The third-order valence-electron chi connectivity index (χ3n) is 1.45. The predicted octanol–water partition coefficient (Wildman–Crippen LogP) is 1.74. The summed E-state index contributed by atoms with van der Waals surface area (Å²) in [5, 5.41) is 8.97. The molecule has 0 heterocycles. The van der Waals surface area contributed by atoms with Gasteiger partial charge in [0.05, 0.1) is 12.7 Å². The van der Waals surface area contributed by atoms with E-state index in [9.17, 15) is 0 Å². The summed E-state index contributed by atoms with van der Waals surface area (Å²) in [4.78, 5) is 0. The molecular formula is C9H18O2. The van der Waals surface area contributed by atoms with Crippen molar-refractivity contribution in [2.75, 3.05) is 13.2 Å². The van der Waals surface area contributed by atoms with Gasteiger partial charge in [0.25, 0.3) is 0 Å². The van der Waals surface area contributed by atoms with Gasteiger partial charge in [-0.1, -0.05) is 25.8 Å². The average Bonchev–Trinajstić information content (AvgIpc) is 2.04. The molecule has 0 radical (unpaired) electrons. The highest BCUT2D eigenvalue weighted by Crippen LogP contribution is 1.95. The van der Waals surface area contributed by atoms with Gasteiger partial charge in [0.1, 0.15) is 0 Å². The zero-order valence-corrected chi connectivity index (χ0v) is 7.25. The Balaban J connectivity index is 2.95. The third-order valence-corrected chi connectivity index (χ3v) is 1.45. The molecule has 0 rings (SSSR count). The highest BCUT2D eigenvalue weighted by Gasteiger charge is 1.95. The van der Waals surface area contributed by atoms with Crippen LogP contribution in [0.1, 0.15) is 26.2 Å². The molecule has 0 saturated heterocycles. The van der Waals surface area contributed by atoms with Gasteiger partial charge < -0.3 is 9.84 Å². The van der Waals surface area contributed by atoms with Crippen molar-refractivity contribution in [2.24, 2.45) is 0 Å². The van der Waals surface area contributed by atoms with Crippen LogP contribution in [0.25, 0.3) is 0 Å². The van der Waals surface area contributed by atoms with Gasteiger partial charge in [-0.2, -0.15) is 0 Å². The number of unbranched alkanes of at least 4 members (excludes halogenated alkanes) is 2. The lowest BCUT2D eigenvalue weighted by atomic mass is 10.3. The van der Waals surface area contributed by atoms with E-state index in [2.05, 4.69) is 13.5 Å². The maximum Gasteiger partial charge on any atom is 0.0951 e. The Morgan fingerprint density at radius 3 is 2.82 bits per heavy atom. The second-order valence-electron chi connectivity index (χ2n) is 2.59. The molecule has 0 spiro atoms. The number of hydrogen-bond donors (Lipinski definition) is 1. The van der Waals surface area contributed by atoms with E-state index in [4.69, 9.17) is 9.84 Å². The molecule has 1 atom stereocenters. The number of hydrogen-bond acceptors (Lipinski definition) is 2. The molecule has 0 bridgehead atoms. The molecule has 0 amide bonds. The smallest absolute Gasteiger partial charge is 0.0951 e. The van der Waals surface area contributed by atoms with Crippen molar-refractivity contribution in [2.45, 2.75) is 32.3 Å². The Bertz CT molecular complexity index is 91.6. The number of rotatable bonds is 7. The van der Waals surface area contributed by atoms with Gasteiger partial charge in [-0.05, 0) is 6.42 Å². The van der Waals surface area contributed by atoms with Crippen LogP contribution in [-0.2, 0) is 4.74 Å². The van der Waals surface area contributed by atoms with Crippen LogP contribution in [-0.4, -0.2) is 24.4 Å². The summed E-state index contributed by atoms with van der Waals surface area (Å²) in [5.74, 6) is 0. The van der Waals surface area contributed by atoms with Crippen molar-refractivity contribution in [3.05, 3.63) is 12.7 Å². The first-order chi connectivity index (χ1) is 5.31. The molecule has 0 aromatic heterocycles. The zero-order chi connectivity index (χ0) is 8.53. The van der Waals surface area contributed by atoms with Gasteiger partial charge in [0.2, 0.25) is 0 Å². The normalized spacial score (nSPS) is 12.9. The van der Waals surface area contributed by atoms with E-state index in [1.165, 1.54) is 18.9 Å². The SMILES string of the molecule is C=CC(O)COCCCCC. The number of aliphatic hydroxyl groups excluding tert-OH is 1. The minimum atomic E-state index is -0.503. The summed E-state index contributed by atoms with van der Waals surface area (Å²) in [5.41, 5.74) is 0. The Hall–Kier alpha value is -0.340. The van der Waals surface area contributed by atoms with Crippen molar-refractivity contribution >= 4 is 0 Å². The van der Waals surface area contributed by atoms with E-state index < -0.39 is 6.10 Å². The van der Waals surface area contributed by atoms with Crippen molar-refractivity contribution in [1.82, 2.24) is 0 Å². The highest BCUT2D eigenvalue weighted by atomic mass is 16.5. The molecule has 66 valence electrons. The monoisotopic (exact) mass is 158 g/mol. The first-order valence-corrected chi connectivity index (χ1v) is 4.19. The molecule has 0 aromatic carbocycles. The standard InChI is InChI=1S/C9H18O2/c1-3-5-6-7-11-8-9(10)4-2/h4,9-10H,2-3,5-8H2,1H3. The quantitative estimate of drug-likeness (QED) is 0.451. The van der Waals surface area contributed by atoms with E-state index in [-0.39, 0.29) is 0 Å². The van der Waals surface area contributed by atoms with E-state index in [0.29, 0.717) is 6.61 Å². The van der Waals surface area contributed by atoms with Gasteiger partial charge >= 0.3 is 0 Å². The van der Waals surface area contributed by atoms with Crippen molar-refractivity contribution < 1.29 is 9.84 Å². The van der Waals surface area contributed by atoms with E-state index in [1.807, 2.05) is 0 Å². The summed E-state index contributed by atoms with van der Waals surface area (Å²) < 4.78 is 5.17. The van der Waals surface area contributed by atoms with Gasteiger partial charge in [-0.25, -0.2) is 0 Å². The fourth-order valence-corrected chi connectivity index (χ4v) is 0.726. The summed E-state index contributed by atoms with van der Waals surface area (Å²) in [6.45, 7) is 6.73. The lowest BCUT2D eigenvalue weighted by Gasteiger charge is -2.05. The van der Waals surface area contributed by atoms with Crippen molar-refractivity contribution in [3.8, 4) is 0 Å². The van der Waals surface area contributed by atoms with Gasteiger partial charge in [0, 0.05) is 6.61 Å². The first-order valence-electron chi connectivity index (χ1n) is 4.19. The van der Waals surface area contributed by atoms with E-state index in [1.54, 1.807) is 0 Å². The first kappa shape index (κ1) is 10.7. The Morgan fingerprint density at radius 1 is 1.55 bits per heavy atom. The molecule has 1 unspecified atom stereocenters. The van der Waals surface area contributed by atoms with Crippen molar-refractivity contribution in [3.63, 3.8) is 0 Å². The van der Waals surface area contributed by atoms with Crippen LogP contribution in [0.15, 0.2) is 12.7 Å². The van der Waals surface area contributed by atoms with Gasteiger partial charge in [-0.3, -0.25) is 0 Å². The largest absolute Gasteiger partial charge is 0.387 e. The zero-order valence-electron chi connectivity index (χ0n) is 7.25. The molecule has 0 aliphatic rings. The maximum absolute atomic E-state index is 8.97. The van der Waals surface area contributed by atoms with Crippen molar-refractivity contribution in [1.29, 1.82) is 0 Å². The molecule has 2 nitrogen and oxygen atoms in total. The molecule has 0 aromatic rings. The second-order valence-corrected chi connectivity index (χ2v) is 2.59. The summed E-state index contributed by atoms with van der Waals surface area (Å²) in [6, 6.07) is 0. The molecule has 11 heavy (non-hydrogen) atoms. The highest BCUT2D eigenvalue weighted by molar-refractivity contribution is 4.76. The molecule has 1 N–H and O–H groups in total. The van der Waals surface area contributed by atoms with Crippen LogP contribution < -0.4 is 0 Å². The molecule has 0 saturated carbocycles. The fourth-order valence-electron chi connectivity index (χ4n) is 0.726. The minimum absolute atomic E-state index is 0.382. The van der Waals surface area contributed by atoms with Gasteiger partial charge in [-0.15, -0.1) is 6.58 Å². The minimum Gasteiger partial charge on any atom is -0.387 e. The van der Waals surface area contributed by atoms with Crippen LogP contribution in [0.5, 0.6) is 0 Å². The third kappa shape index (κ3) is 7.56. The molecule has 0 fully saturated rings.